The van der Waals surface area contributed by atoms with Crippen molar-refractivity contribution in [3.05, 3.63) is 35.3 Å². The van der Waals surface area contributed by atoms with E-state index in [1.165, 1.54) is 0 Å². The van der Waals surface area contributed by atoms with Gasteiger partial charge in [-0.2, -0.15) is 0 Å². The first-order valence-electron chi connectivity index (χ1n) is 9.02. The molecule has 1 aromatic heterocycles. The van der Waals surface area contributed by atoms with Gasteiger partial charge in [0, 0.05) is 23.2 Å². The molecule has 6 nitrogen and oxygen atoms in total. The lowest BCUT2D eigenvalue weighted by Gasteiger charge is -2.19. The van der Waals surface area contributed by atoms with E-state index >= 15 is 0 Å². The Morgan fingerprint density at radius 2 is 1.93 bits per heavy atom. The Hall–Kier alpha value is -2.12. The Labute approximate surface area is 165 Å². The second kappa shape index (κ2) is 9.71. The number of amides is 1. The van der Waals surface area contributed by atoms with Crippen LogP contribution in [0, 0.1) is 0 Å². The Kier molecular flexibility index (Phi) is 7.62. The summed E-state index contributed by atoms with van der Waals surface area (Å²) < 4.78 is 11.0. The van der Waals surface area contributed by atoms with Crippen molar-refractivity contribution in [3.63, 3.8) is 0 Å². The van der Waals surface area contributed by atoms with E-state index < -0.39 is 11.7 Å². The van der Waals surface area contributed by atoms with Crippen LogP contribution in [0.15, 0.2) is 30.5 Å². The van der Waals surface area contributed by atoms with Crippen molar-refractivity contribution in [2.75, 3.05) is 27.2 Å². The minimum atomic E-state index is -0.501. The number of nitrogens with zero attached hydrogens (tertiary/aromatic N) is 2. The number of benzene rings is 1. The standard InChI is InChI=1S/C20H29N3O3S/c1-20(2,3)26-19(24)22-14-17-13-21-18(27-17)15-7-9-16(10-8-15)25-12-6-11-23(4)5/h7-10,13H,6,11-12,14H2,1-5H3,(H,22,24). The van der Waals surface area contributed by atoms with Crippen LogP contribution in [0.1, 0.15) is 32.1 Å². The van der Waals surface area contributed by atoms with E-state index in [9.17, 15) is 4.79 Å². The molecule has 0 unspecified atom stereocenters. The van der Waals surface area contributed by atoms with Crippen LogP contribution >= 0.6 is 11.3 Å². The lowest BCUT2D eigenvalue weighted by atomic mass is 10.2. The quantitative estimate of drug-likeness (QED) is 0.685. The molecule has 1 amide bonds. The highest BCUT2D eigenvalue weighted by Crippen LogP contribution is 2.27. The number of alkyl carbamates (subject to hydrolysis) is 1. The van der Waals surface area contributed by atoms with Gasteiger partial charge in [0.05, 0.1) is 13.2 Å². The first-order chi connectivity index (χ1) is 12.7. The second-order valence-electron chi connectivity index (χ2n) is 7.52. The van der Waals surface area contributed by atoms with Crippen molar-refractivity contribution >= 4 is 17.4 Å². The van der Waals surface area contributed by atoms with Gasteiger partial charge in [-0.3, -0.25) is 0 Å². The van der Waals surface area contributed by atoms with Gasteiger partial charge in [-0.05, 0) is 65.6 Å². The molecule has 0 saturated carbocycles. The highest BCUT2D eigenvalue weighted by atomic mass is 32.1. The van der Waals surface area contributed by atoms with E-state index in [1.807, 2.05) is 45.0 Å². The molecule has 0 saturated heterocycles. The number of thiazole rings is 1. The van der Waals surface area contributed by atoms with Crippen molar-refractivity contribution in [2.24, 2.45) is 0 Å². The lowest BCUT2D eigenvalue weighted by Crippen LogP contribution is -2.31. The fraction of sp³-hybridized carbons (Fsp3) is 0.500. The highest BCUT2D eigenvalue weighted by molar-refractivity contribution is 7.15. The average molecular weight is 392 g/mol. The molecule has 0 fully saturated rings. The molecule has 0 spiro atoms. The average Bonchev–Trinajstić information content (AvgIpc) is 3.05. The van der Waals surface area contributed by atoms with Gasteiger partial charge >= 0.3 is 6.09 Å². The minimum Gasteiger partial charge on any atom is -0.494 e. The van der Waals surface area contributed by atoms with Crippen molar-refractivity contribution in [3.8, 4) is 16.3 Å². The van der Waals surface area contributed by atoms with Gasteiger partial charge in [0.25, 0.3) is 0 Å². The number of nitrogens with one attached hydrogen (secondary N) is 1. The zero-order valence-corrected chi connectivity index (χ0v) is 17.6. The SMILES string of the molecule is CN(C)CCCOc1ccc(-c2ncc(CNC(=O)OC(C)(C)C)s2)cc1. The Balaban J connectivity index is 1.84. The summed E-state index contributed by atoms with van der Waals surface area (Å²) in [6.45, 7) is 7.64. The summed E-state index contributed by atoms with van der Waals surface area (Å²) in [5.74, 6) is 0.862. The molecule has 148 valence electrons. The molecule has 1 heterocycles. The Morgan fingerprint density at radius 3 is 2.56 bits per heavy atom. The summed E-state index contributed by atoms with van der Waals surface area (Å²) >= 11 is 1.55. The van der Waals surface area contributed by atoms with Gasteiger partial charge in [-0.1, -0.05) is 0 Å². The van der Waals surface area contributed by atoms with Gasteiger partial charge < -0.3 is 19.7 Å². The fourth-order valence-corrected chi connectivity index (χ4v) is 3.12. The Morgan fingerprint density at radius 1 is 1.22 bits per heavy atom. The molecule has 2 aromatic rings. The van der Waals surface area contributed by atoms with E-state index in [-0.39, 0.29) is 0 Å². The topological polar surface area (TPSA) is 63.7 Å². The lowest BCUT2D eigenvalue weighted by molar-refractivity contribution is 0.0524. The maximum Gasteiger partial charge on any atom is 0.407 e. The highest BCUT2D eigenvalue weighted by Gasteiger charge is 2.16. The molecule has 2 rings (SSSR count). The van der Waals surface area contributed by atoms with E-state index in [0.29, 0.717) is 13.2 Å². The van der Waals surface area contributed by atoms with Crippen LogP contribution in [0.25, 0.3) is 10.6 Å². The molecule has 1 N–H and O–H groups in total. The van der Waals surface area contributed by atoms with E-state index in [2.05, 4.69) is 29.3 Å². The van der Waals surface area contributed by atoms with E-state index in [4.69, 9.17) is 9.47 Å². The summed E-state index contributed by atoms with van der Waals surface area (Å²) in [5, 5.41) is 3.66. The summed E-state index contributed by atoms with van der Waals surface area (Å²) in [5.41, 5.74) is 0.531. The molecule has 0 aliphatic rings. The van der Waals surface area contributed by atoms with Crippen LogP contribution < -0.4 is 10.1 Å². The van der Waals surface area contributed by atoms with Gasteiger partial charge in [0.2, 0.25) is 0 Å². The predicted molar refractivity (Wildman–Crippen MR) is 109 cm³/mol. The monoisotopic (exact) mass is 391 g/mol. The molecule has 1 aromatic carbocycles. The zero-order chi connectivity index (χ0) is 19.9. The summed E-state index contributed by atoms with van der Waals surface area (Å²) in [6, 6.07) is 7.94. The van der Waals surface area contributed by atoms with Crippen molar-refractivity contribution in [1.29, 1.82) is 0 Å². The van der Waals surface area contributed by atoms with Crippen LogP contribution in [0.2, 0.25) is 0 Å². The number of aromatic nitrogens is 1. The van der Waals surface area contributed by atoms with Gasteiger partial charge in [-0.25, -0.2) is 9.78 Å². The summed E-state index contributed by atoms with van der Waals surface area (Å²) in [6.07, 6.45) is 2.35. The van der Waals surface area contributed by atoms with Crippen molar-refractivity contribution in [2.45, 2.75) is 39.3 Å². The van der Waals surface area contributed by atoms with Crippen LogP contribution in [0.4, 0.5) is 4.79 Å². The number of hydrogen-bond donors (Lipinski definition) is 1. The number of hydrogen-bond acceptors (Lipinski definition) is 6. The zero-order valence-electron chi connectivity index (χ0n) is 16.7. The number of ether oxygens (including phenoxy) is 2. The van der Waals surface area contributed by atoms with Crippen molar-refractivity contribution in [1.82, 2.24) is 15.2 Å². The van der Waals surface area contributed by atoms with Crippen LogP contribution in [0.3, 0.4) is 0 Å². The number of carbonyl (C=O) groups is 1. The van der Waals surface area contributed by atoms with Crippen LogP contribution in [0.5, 0.6) is 5.75 Å². The molecular weight excluding hydrogens is 362 g/mol. The van der Waals surface area contributed by atoms with E-state index in [1.54, 1.807) is 17.5 Å². The van der Waals surface area contributed by atoms with Gasteiger partial charge in [0.1, 0.15) is 16.4 Å². The normalized spacial score (nSPS) is 11.5. The first-order valence-corrected chi connectivity index (χ1v) is 9.84. The molecule has 0 radical (unpaired) electrons. The minimum absolute atomic E-state index is 0.402. The third-order valence-electron chi connectivity index (χ3n) is 3.48. The second-order valence-corrected chi connectivity index (χ2v) is 8.63. The maximum atomic E-state index is 11.7. The fourth-order valence-electron chi connectivity index (χ4n) is 2.26. The third-order valence-corrected chi connectivity index (χ3v) is 4.53. The third kappa shape index (κ3) is 7.97. The van der Waals surface area contributed by atoms with E-state index in [0.717, 1.165) is 34.2 Å². The molecule has 0 aliphatic carbocycles. The van der Waals surface area contributed by atoms with Crippen LogP contribution in [-0.4, -0.2) is 48.8 Å². The molecule has 7 heteroatoms. The number of rotatable bonds is 8. The largest absolute Gasteiger partial charge is 0.494 e. The predicted octanol–water partition coefficient (Wildman–Crippen LogP) is 4.17. The van der Waals surface area contributed by atoms with Gasteiger partial charge in [0.15, 0.2) is 0 Å². The summed E-state index contributed by atoms with van der Waals surface area (Å²) in [7, 11) is 4.11. The smallest absolute Gasteiger partial charge is 0.407 e. The Bertz CT molecular complexity index is 721. The summed E-state index contributed by atoms with van der Waals surface area (Å²) in [4.78, 5) is 19.3. The molecule has 0 atom stereocenters. The number of carbonyl (C=O) groups excluding carboxylic acids is 1. The molecular formula is C20H29N3O3S. The van der Waals surface area contributed by atoms with Gasteiger partial charge in [-0.15, -0.1) is 11.3 Å². The molecule has 0 aliphatic heterocycles. The van der Waals surface area contributed by atoms with Crippen molar-refractivity contribution < 1.29 is 14.3 Å². The maximum absolute atomic E-state index is 11.7. The molecule has 27 heavy (non-hydrogen) atoms. The molecule has 0 bridgehead atoms. The first kappa shape index (κ1) is 21.2. The van der Waals surface area contributed by atoms with Crippen LogP contribution in [-0.2, 0) is 11.3 Å².